The van der Waals surface area contributed by atoms with E-state index in [9.17, 15) is 14.4 Å². The van der Waals surface area contributed by atoms with E-state index in [1.807, 2.05) is 14.2 Å². The highest BCUT2D eigenvalue weighted by atomic mass is 16.7. The first kappa shape index (κ1) is 33.4. The number of esters is 1. The van der Waals surface area contributed by atoms with Gasteiger partial charge in [0.1, 0.15) is 18.0 Å². The number of likely N-dealkylation sites (tertiary alicyclic amines) is 1. The highest BCUT2D eigenvalue weighted by molar-refractivity contribution is 6.22. The number of anilines is 1. The molecule has 50 heavy (non-hydrogen) atoms. The average molecular weight is 695 g/mol. The fourth-order valence-corrected chi connectivity index (χ4v) is 13.9. The quantitative estimate of drug-likeness (QED) is 0.280. The van der Waals surface area contributed by atoms with Crippen LogP contribution in [0.15, 0.2) is 24.3 Å². The van der Waals surface area contributed by atoms with Gasteiger partial charge in [-0.05, 0) is 43.9 Å². The SMILES string of the molecule is CCN1C[C@@]2(COC(=O)c3ccccc3N3C(=O)C[C@H](C)C3=O)CC[C@H](OC)[C@@]34[C@@H]5C[C@@H]6[C@@H](OC)[C@@H]5[C@]5(C[C@H]6OC)OCO[C@@]5([C@@H](OC)[C@@H]23)[C@@H]14. The molecule has 1 aromatic carbocycles. The summed E-state index contributed by atoms with van der Waals surface area (Å²) in [5.41, 5.74) is -1.91. The van der Waals surface area contributed by atoms with E-state index in [1.165, 1.54) is 0 Å². The Morgan fingerprint density at radius 2 is 1.84 bits per heavy atom. The molecule has 2 amide bonds. The molecule has 9 rings (SSSR count). The van der Waals surface area contributed by atoms with Crippen LogP contribution in [0.4, 0.5) is 5.69 Å². The Morgan fingerprint density at radius 1 is 1.04 bits per heavy atom. The minimum atomic E-state index is -0.820. The molecule has 3 heterocycles. The lowest BCUT2D eigenvalue weighted by Gasteiger charge is -2.70. The molecule has 8 aliphatic rings. The summed E-state index contributed by atoms with van der Waals surface area (Å²) in [6, 6.07) is 6.72. The first-order valence-electron chi connectivity index (χ1n) is 18.4. The number of piperidine rings is 1. The number of rotatable bonds is 9. The second kappa shape index (κ2) is 11.3. The van der Waals surface area contributed by atoms with Gasteiger partial charge in [-0.15, -0.1) is 0 Å². The average Bonchev–Trinajstić information content (AvgIpc) is 3.78. The largest absolute Gasteiger partial charge is 0.461 e. The third-order valence-electron chi connectivity index (χ3n) is 15.1. The van der Waals surface area contributed by atoms with Gasteiger partial charge in [-0.3, -0.25) is 14.5 Å². The second-order valence-electron chi connectivity index (χ2n) is 16.3. The molecule has 0 N–H and O–H groups in total. The Kier molecular flexibility index (Phi) is 7.53. The maximum atomic E-state index is 14.2. The third-order valence-corrected chi connectivity index (χ3v) is 15.1. The van der Waals surface area contributed by atoms with Crippen molar-refractivity contribution in [3.05, 3.63) is 29.8 Å². The van der Waals surface area contributed by atoms with Crippen molar-refractivity contribution in [2.24, 2.45) is 40.4 Å². The summed E-state index contributed by atoms with van der Waals surface area (Å²) in [5, 5.41) is 0. The maximum Gasteiger partial charge on any atom is 0.340 e. The summed E-state index contributed by atoms with van der Waals surface area (Å²) in [6.45, 7) is 5.73. The van der Waals surface area contributed by atoms with Gasteiger partial charge in [0.2, 0.25) is 11.8 Å². The lowest BCUT2D eigenvalue weighted by Crippen LogP contribution is -2.81. The number of amides is 2. The molecule has 3 saturated heterocycles. The topological polar surface area (TPSA) is 122 Å². The van der Waals surface area contributed by atoms with Gasteiger partial charge in [0, 0.05) is 82.3 Å². The molecule has 0 aromatic heterocycles. The van der Waals surface area contributed by atoms with Crippen molar-refractivity contribution in [1.82, 2.24) is 4.90 Å². The molecule has 0 radical (unpaired) electrons. The molecule has 0 unspecified atom stereocenters. The van der Waals surface area contributed by atoms with Crippen molar-refractivity contribution in [1.29, 1.82) is 0 Å². The van der Waals surface area contributed by atoms with Gasteiger partial charge in [-0.25, -0.2) is 9.69 Å². The monoisotopic (exact) mass is 694 g/mol. The van der Waals surface area contributed by atoms with Crippen molar-refractivity contribution < 1.29 is 47.5 Å². The van der Waals surface area contributed by atoms with E-state index >= 15 is 0 Å². The minimum Gasteiger partial charge on any atom is -0.461 e. The van der Waals surface area contributed by atoms with Gasteiger partial charge in [0.15, 0.2) is 0 Å². The Balaban J connectivity index is 1.16. The summed E-state index contributed by atoms with van der Waals surface area (Å²) < 4.78 is 46.5. The molecule has 12 heteroatoms. The fourth-order valence-electron chi connectivity index (χ4n) is 13.9. The highest BCUT2D eigenvalue weighted by Crippen LogP contribution is 2.82. The lowest BCUT2D eigenvalue weighted by atomic mass is 9.42. The second-order valence-corrected chi connectivity index (χ2v) is 16.3. The van der Waals surface area contributed by atoms with E-state index in [0.29, 0.717) is 13.0 Å². The number of ether oxygens (including phenoxy) is 7. The molecular weight excluding hydrogens is 644 g/mol. The molecular formula is C38H50N2O10. The molecule has 1 aromatic rings. The summed E-state index contributed by atoms with van der Waals surface area (Å²) in [4.78, 5) is 43.8. The number of hydrogen-bond acceptors (Lipinski definition) is 11. The molecule has 5 saturated carbocycles. The van der Waals surface area contributed by atoms with Crippen LogP contribution in [0.5, 0.6) is 0 Å². The normalized spacial score (nSPS) is 48.3. The number of likely N-dealkylation sites (N-methyl/N-ethyl adjacent to an activating group) is 1. The number of methoxy groups -OCH3 is 4. The number of carbonyl (C=O) groups is 3. The molecule has 272 valence electrons. The standard InChI is InChI=1S/C38H50N2O10/c1-7-39-17-35(18-48-33(43)21-10-8-9-11-24(21)40-27(41)14-20(2)32(40)42)13-12-26(45-4)37-23-15-22-25(44-3)16-36(28(23)29(22)46-5)38(34(37)39,50-19-49-36)31(47-6)30(35)37/h8-11,20,22-23,25-26,28-31,34H,7,12-19H2,1-6H3/t20-,22-,23+,25+,26-,28+,29+,30-,31-,34-,35+,36-,37-,38-/m0/s1. The molecule has 3 aliphatic heterocycles. The van der Waals surface area contributed by atoms with Crippen molar-refractivity contribution in [3.8, 4) is 0 Å². The number of benzene rings is 1. The number of carbonyl (C=O) groups excluding carboxylic acids is 3. The summed E-state index contributed by atoms with van der Waals surface area (Å²) in [5.74, 6) is -1.22. The Morgan fingerprint density at radius 3 is 2.52 bits per heavy atom. The van der Waals surface area contributed by atoms with Gasteiger partial charge in [0.25, 0.3) is 0 Å². The van der Waals surface area contributed by atoms with Crippen LogP contribution in [0.2, 0.25) is 0 Å². The van der Waals surface area contributed by atoms with Crippen LogP contribution in [0, 0.1) is 40.4 Å². The van der Waals surface area contributed by atoms with E-state index in [2.05, 4.69) is 11.8 Å². The molecule has 14 atom stereocenters. The Bertz CT molecular complexity index is 1610. The van der Waals surface area contributed by atoms with E-state index in [4.69, 9.17) is 33.2 Å². The minimum absolute atomic E-state index is 0.0457. The predicted octanol–water partition coefficient (Wildman–Crippen LogP) is 3.05. The van der Waals surface area contributed by atoms with E-state index in [-0.39, 0.29) is 97.0 Å². The zero-order chi connectivity index (χ0) is 35.0. The summed E-state index contributed by atoms with van der Waals surface area (Å²) in [6.07, 6.45) is 2.77. The van der Waals surface area contributed by atoms with Crippen LogP contribution in [0.25, 0.3) is 0 Å². The highest BCUT2D eigenvalue weighted by Gasteiger charge is 2.94. The van der Waals surface area contributed by atoms with Gasteiger partial charge in [-0.1, -0.05) is 26.0 Å². The van der Waals surface area contributed by atoms with E-state index in [0.717, 1.165) is 30.7 Å². The van der Waals surface area contributed by atoms with Crippen LogP contribution in [-0.4, -0.2) is 119 Å². The van der Waals surface area contributed by atoms with Crippen molar-refractivity contribution in [2.45, 2.75) is 87.6 Å². The zero-order valence-electron chi connectivity index (χ0n) is 29.9. The first-order valence-corrected chi connectivity index (χ1v) is 18.4. The van der Waals surface area contributed by atoms with Crippen molar-refractivity contribution >= 4 is 23.5 Å². The number of imide groups is 1. The molecule has 8 fully saturated rings. The Labute approximate surface area is 293 Å². The molecule has 7 bridgehead atoms. The van der Waals surface area contributed by atoms with Crippen molar-refractivity contribution in [2.75, 3.05) is 59.8 Å². The summed E-state index contributed by atoms with van der Waals surface area (Å²) >= 11 is 0. The summed E-state index contributed by atoms with van der Waals surface area (Å²) in [7, 11) is 7.24. The number of para-hydroxylation sites is 1. The Hall–Kier alpha value is -2.45. The fraction of sp³-hybridized carbons (Fsp3) is 0.763. The molecule has 3 spiro atoms. The lowest BCUT2D eigenvalue weighted by molar-refractivity contribution is -0.286. The zero-order valence-corrected chi connectivity index (χ0v) is 29.9. The van der Waals surface area contributed by atoms with Crippen molar-refractivity contribution in [3.63, 3.8) is 0 Å². The van der Waals surface area contributed by atoms with Gasteiger partial charge >= 0.3 is 5.97 Å². The number of nitrogens with zero attached hydrogens (tertiary/aromatic N) is 2. The molecule has 5 aliphatic carbocycles. The van der Waals surface area contributed by atoms with Crippen LogP contribution < -0.4 is 4.90 Å². The third kappa shape index (κ3) is 3.64. The smallest absolute Gasteiger partial charge is 0.340 e. The van der Waals surface area contributed by atoms with Gasteiger partial charge < -0.3 is 33.2 Å². The van der Waals surface area contributed by atoms with Gasteiger partial charge in [-0.2, -0.15) is 0 Å². The number of hydrogen-bond donors (Lipinski definition) is 0. The van der Waals surface area contributed by atoms with E-state index < -0.39 is 33.9 Å². The number of fused-ring (bicyclic) bond motifs is 1. The first-order chi connectivity index (χ1) is 24.1. The molecule has 12 nitrogen and oxygen atoms in total. The maximum absolute atomic E-state index is 14.2. The van der Waals surface area contributed by atoms with Gasteiger partial charge in [0.05, 0.1) is 48.3 Å². The predicted molar refractivity (Wildman–Crippen MR) is 177 cm³/mol. The van der Waals surface area contributed by atoms with Crippen LogP contribution >= 0.6 is 0 Å². The van der Waals surface area contributed by atoms with E-state index in [1.54, 1.807) is 45.4 Å². The van der Waals surface area contributed by atoms with Crippen LogP contribution in [0.1, 0.15) is 56.3 Å². The van der Waals surface area contributed by atoms with Crippen LogP contribution in [-0.2, 0) is 42.7 Å². The van der Waals surface area contributed by atoms with Crippen LogP contribution in [0.3, 0.4) is 0 Å².